The molecule has 2 aromatic carbocycles. The third kappa shape index (κ3) is 6.99. The van der Waals surface area contributed by atoms with E-state index in [-0.39, 0.29) is 5.91 Å². The van der Waals surface area contributed by atoms with E-state index in [1.165, 1.54) is 0 Å². The fourth-order valence-corrected chi connectivity index (χ4v) is 3.72. The van der Waals surface area contributed by atoms with Gasteiger partial charge in [-0.05, 0) is 44.4 Å². The zero-order valence-electron chi connectivity index (χ0n) is 19.4. The average Bonchev–Trinajstić information content (AvgIpc) is 2.81. The molecule has 172 valence electrons. The molecule has 0 spiro atoms. The number of guanidine groups is 1. The van der Waals surface area contributed by atoms with Crippen LogP contribution in [0.5, 0.6) is 11.5 Å². The van der Waals surface area contributed by atoms with Gasteiger partial charge in [0.15, 0.2) is 5.96 Å². The zero-order chi connectivity index (χ0) is 22.8. The highest BCUT2D eigenvalue weighted by Crippen LogP contribution is 2.28. The summed E-state index contributed by atoms with van der Waals surface area (Å²) in [6, 6.07) is 16.4. The van der Waals surface area contributed by atoms with Gasteiger partial charge in [-0.1, -0.05) is 36.4 Å². The molecule has 1 heterocycles. The van der Waals surface area contributed by atoms with Gasteiger partial charge in [0.05, 0.1) is 13.1 Å². The van der Waals surface area contributed by atoms with Crippen molar-refractivity contribution in [3.05, 3.63) is 59.7 Å². The molecule has 0 aromatic heterocycles. The van der Waals surface area contributed by atoms with Crippen LogP contribution < -0.4 is 20.7 Å². The van der Waals surface area contributed by atoms with E-state index < -0.39 is 0 Å². The molecule has 0 atom stereocenters. The van der Waals surface area contributed by atoms with Crippen LogP contribution in [0, 0.1) is 6.92 Å². The largest absolute Gasteiger partial charge is 0.457 e. The smallest absolute Gasteiger partial charge is 0.233 e. The van der Waals surface area contributed by atoms with Gasteiger partial charge in [-0.25, -0.2) is 4.99 Å². The molecule has 32 heavy (non-hydrogen) atoms. The van der Waals surface area contributed by atoms with Crippen molar-refractivity contribution >= 4 is 11.9 Å². The Kier molecular flexibility index (Phi) is 8.92. The summed E-state index contributed by atoms with van der Waals surface area (Å²) in [5.74, 6) is 2.56. The van der Waals surface area contributed by atoms with Crippen molar-refractivity contribution in [1.82, 2.24) is 20.9 Å². The molecular weight excluding hydrogens is 402 g/mol. The second-order valence-electron chi connectivity index (χ2n) is 8.04. The van der Waals surface area contributed by atoms with Crippen LogP contribution in [-0.2, 0) is 11.3 Å². The van der Waals surface area contributed by atoms with Gasteiger partial charge in [0.25, 0.3) is 0 Å². The van der Waals surface area contributed by atoms with Crippen LogP contribution in [0.3, 0.4) is 0 Å². The molecule has 2 aromatic rings. The first-order chi connectivity index (χ1) is 15.6. The number of piperidine rings is 1. The summed E-state index contributed by atoms with van der Waals surface area (Å²) < 4.78 is 6.19. The second-order valence-corrected chi connectivity index (χ2v) is 8.04. The van der Waals surface area contributed by atoms with E-state index in [9.17, 15) is 4.79 Å². The Hall–Kier alpha value is -3.06. The van der Waals surface area contributed by atoms with Crippen LogP contribution in [0.2, 0.25) is 0 Å². The summed E-state index contributed by atoms with van der Waals surface area (Å²) >= 11 is 0. The number of carbonyl (C=O) groups excluding carboxylic acids is 1. The minimum atomic E-state index is 0.0675. The van der Waals surface area contributed by atoms with E-state index in [4.69, 9.17) is 9.73 Å². The summed E-state index contributed by atoms with van der Waals surface area (Å²) in [7, 11) is 1.68. The number of rotatable bonds is 8. The predicted octanol–water partition coefficient (Wildman–Crippen LogP) is 3.05. The highest BCUT2D eigenvalue weighted by Gasteiger charge is 2.21. The molecule has 1 amide bonds. The number of nitrogens with one attached hydrogen (secondary N) is 3. The topological polar surface area (TPSA) is 78.0 Å². The van der Waals surface area contributed by atoms with Crippen LogP contribution in [0.15, 0.2) is 53.5 Å². The number of amides is 1. The molecule has 3 N–H and O–H groups in total. The van der Waals surface area contributed by atoms with Gasteiger partial charge in [-0.2, -0.15) is 0 Å². The molecule has 1 saturated heterocycles. The highest BCUT2D eigenvalue weighted by atomic mass is 16.5. The Bertz CT molecular complexity index is 907. The summed E-state index contributed by atoms with van der Waals surface area (Å²) in [5, 5.41) is 9.61. The molecule has 1 fully saturated rings. The Morgan fingerprint density at radius 2 is 1.78 bits per heavy atom. The lowest BCUT2D eigenvalue weighted by molar-refractivity contribution is -0.122. The highest BCUT2D eigenvalue weighted by molar-refractivity contribution is 5.80. The molecular formula is C25H35N5O2. The van der Waals surface area contributed by atoms with E-state index in [1.807, 2.05) is 49.4 Å². The lowest BCUT2D eigenvalue weighted by Crippen LogP contribution is -2.50. The standard InChI is InChI=1S/C25H35N5O2/c1-4-27-25(29-21-13-15-30(16-14-21)18-24(31)26-3)28-17-20-10-6-8-12-23(20)32-22-11-7-5-9-19(22)2/h5-12,21H,4,13-18H2,1-3H3,(H,26,31)(H2,27,28,29). The number of nitrogens with zero attached hydrogens (tertiary/aromatic N) is 2. The Labute approximate surface area is 191 Å². The van der Waals surface area contributed by atoms with Crippen LogP contribution in [-0.4, -0.2) is 56.0 Å². The summed E-state index contributed by atoms with van der Waals surface area (Å²) in [6.07, 6.45) is 1.96. The van der Waals surface area contributed by atoms with Crippen LogP contribution in [0.4, 0.5) is 0 Å². The van der Waals surface area contributed by atoms with Crippen molar-refractivity contribution in [3.8, 4) is 11.5 Å². The first kappa shape index (κ1) is 23.6. The van der Waals surface area contributed by atoms with Gasteiger partial charge < -0.3 is 20.7 Å². The Balaban J connectivity index is 1.61. The first-order valence-corrected chi connectivity index (χ1v) is 11.4. The third-order valence-corrected chi connectivity index (χ3v) is 5.61. The maximum Gasteiger partial charge on any atom is 0.233 e. The van der Waals surface area contributed by atoms with Crippen molar-refractivity contribution in [3.63, 3.8) is 0 Å². The maximum atomic E-state index is 11.6. The van der Waals surface area contributed by atoms with Gasteiger partial charge in [0.2, 0.25) is 5.91 Å². The predicted molar refractivity (Wildman–Crippen MR) is 129 cm³/mol. The number of aliphatic imine (C=N–C) groups is 1. The molecule has 0 bridgehead atoms. The number of ether oxygens (including phenoxy) is 1. The minimum absolute atomic E-state index is 0.0675. The fourth-order valence-electron chi connectivity index (χ4n) is 3.72. The molecule has 7 nitrogen and oxygen atoms in total. The van der Waals surface area contributed by atoms with E-state index >= 15 is 0 Å². The fraction of sp³-hybridized carbons (Fsp3) is 0.440. The average molecular weight is 438 g/mol. The van der Waals surface area contributed by atoms with Crippen LogP contribution >= 0.6 is 0 Å². The van der Waals surface area contributed by atoms with E-state index in [0.717, 1.165) is 61.1 Å². The maximum absolute atomic E-state index is 11.6. The molecule has 0 aliphatic carbocycles. The van der Waals surface area contributed by atoms with Crippen molar-refractivity contribution in [2.45, 2.75) is 39.3 Å². The molecule has 1 aliphatic heterocycles. The number of aryl methyl sites for hydroxylation is 1. The van der Waals surface area contributed by atoms with Gasteiger partial charge >= 0.3 is 0 Å². The third-order valence-electron chi connectivity index (χ3n) is 5.61. The number of carbonyl (C=O) groups is 1. The lowest BCUT2D eigenvalue weighted by atomic mass is 10.1. The normalized spacial score (nSPS) is 15.3. The SMILES string of the molecule is CCNC(=NCc1ccccc1Oc1ccccc1C)NC1CCN(CC(=O)NC)CC1. The molecule has 1 aliphatic rings. The van der Waals surface area contributed by atoms with Crippen molar-refractivity contribution in [2.75, 3.05) is 33.2 Å². The number of likely N-dealkylation sites (N-methyl/N-ethyl adjacent to an activating group) is 1. The van der Waals surface area contributed by atoms with Crippen molar-refractivity contribution in [1.29, 1.82) is 0 Å². The Morgan fingerprint density at radius 1 is 1.09 bits per heavy atom. The zero-order valence-corrected chi connectivity index (χ0v) is 19.4. The lowest BCUT2D eigenvalue weighted by Gasteiger charge is -2.32. The summed E-state index contributed by atoms with van der Waals surface area (Å²) in [6.45, 7) is 7.70. The van der Waals surface area contributed by atoms with Gasteiger partial charge in [0.1, 0.15) is 11.5 Å². The molecule has 0 unspecified atom stereocenters. The van der Waals surface area contributed by atoms with Crippen LogP contribution in [0.1, 0.15) is 30.9 Å². The quantitative estimate of drug-likeness (QED) is 0.437. The van der Waals surface area contributed by atoms with Gasteiger partial charge in [-0.3, -0.25) is 9.69 Å². The van der Waals surface area contributed by atoms with E-state index in [2.05, 4.69) is 33.8 Å². The van der Waals surface area contributed by atoms with Crippen LogP contribution in [0.25, 0.3) is 0 Å². The summed E-state index contributed by atoms with van der Waals surface area (Å²) in [5.41, 5.74) is 2.14. The minimum Gasteiger partial charge on any atom is -0.457 e. The molecule has 0 saturated carbocycles. The van der Waals surface area contributed by atoms with Gasteiger partial charge in [0, 0.05) is 38.3 Å². The number of benzene rings is 2. The number of hydrogen-bond donors (Lipinski definition) is 3. The second kappa shape index (κ2) is 12.1. The summed E-state index contributed by atoms with van der Waals surface area (Å²) in [4.78, 5) is 18.6. The molecule has 3 rings (SSSR count). The van der Waals surface area contributed by atoms with Crippen molar-refractivity contribution < 1.29 is 9.53 Å². The van der Waals surface area contributed by atoms with E-state index in [0.29, 0.717) is 19.1 Å². The monoisotopic (exact) mass is 437 g/mol. The number of para-hydroxylation sites is 2. The molecule has 7 heteroatoms. The molecule has 0 radical (unpaired) electrons. The van der Waals surface area contributed by atoms with Gasteiger partial charge in [-0.15, -0.1) is 0 Å². The number of likely N-dealkylation sites (tertiary alicyclic amines) is 1. The Morgan fingerprint density at radius 3 is 2.47 bits per heavy atom. The van der Waals surface area contributed by atoms with E-state index in [1.54, 1.807) is 7.05 Å². The first-order valence-electron chi connectivity index (χ1n) is 11.4. The van der Waals surface area contributed by atoms with Crippen molar-refractivity contribution in [2.24, 2.45) is 4.99 Å². The number of hydrogen-bond acceptors (Lipinski definition) is 4.